The third-order valence-electron chi connectivity index (χ3n) is 3.77. The molecule has 19 heavy (non-hydrogen) atoms. The summed E-state index contributed by atoms with van der Waals surface area (Å²) in [5.41, 5.74) is 3.39. The van der Waals surface area contributed by atoms with Gasteiger partial charge < -0.3 is 15.1 Å². The number of nitrogens with one attached hydrogen (secondary N) is 1. The van der Waals surface area contributed by atoms with Gasteiger partial charge in [-0.1, -0.05) is 6.07 Å². The van der Waals surface area contributed by atoms with E-state index in [2.05, 4.69) is 29.3 Å². The minimum absolute atomic E-state index is 0.0436. The van der Waals surface area contributed by atoms with Gasteiger partial charge in [0.05, 0.1) is 6.04 Å². The van der Waals surface area contributed by atoms with Gasteiger partial charge in [0.2, 0.25) is 5.91 Å². The van der Waals surface area contributed by atoms with Crippen LogP contribution in [0.3, 0.4) is 0 Å². The first kappa shape index (κ1) is 13.9. The van der Waals surface area contributed by atoms with E-state index >= 15 is 0 Å². The molecule has 4 heteroatoms. The van der Waals surface area contributed by atoms with Crippen LogP contribution in [-0.2, 0) is 4.79 Å². The molecule has 0 aliphatic carbocycles. The molecule has 4 nitrogen and oxygen atoms in total. The molecule has 1 N–H and O–H groups in total. The molecule has 1 saturated heterocycles. The van der Waals surface area contributed by atoms with Crippen LogP contribution in [0.5, 0.6) is 0 Å². The molecule has 1 unspecified atom stereocenters. The van der Waals surface area contributed by atoms with Gasteiger partial charge in [0, 0.05) is 32.0 Å². The lowest BCUT2D eigenvalue weighted by atomic mass is 10.0. The molecule has 1 atom stereocenters. The summed E-state index contributed by atoms with van der Waals surface area (Å²) in [6.07, 6.45) is 1.97. The zero-order valence-corrected chi connectivity index (χ0v) is 12.2. The van der Waals surface area contributed by atoms with E-state index in [1.807, 2.05) is 32.1 Å². The summed E-state index contributed by atoms with van der Waals surface area (Å²) in [5.74, 6) is 0.183. The lowest BCUT2D eigenvalue weighted by Crippen LogP contribution is -2.49. The molecule has 1 fully saturated rings. The Morgan fingerprint density at radius 2 is 2.11 bits per heavy atom. The lowest BCUT2D eigenvalue weighted by Gasteiger charge is -2.33. The molecule has 0 spiro atoms. The molecule has 104 valence electrons. The third kappa shape index (κ3) is 2.73. The molecule has 1 aromatic carbocycles. The van der Waals surface area contributed by atoms with E-state index in [-0.39, 0.29) is 11.9 Å². The number of carbonyl (C=O) groups is 1. The van der Waals surface area contributed by atoms with Crippen LogP contribution in [0, 0.1) is 6.92 Å². The van der Waals surface area contributed by atoms with Crippen LogP contribution in [0.25, 0.3) is 0 Å². The van der Waals surface area contributed by atoms with Gasteiger partial charge >= 0.3 is 0 Å². The normalized spacial score (nSPS) is 19.7. The average Bonchev–Trinajstić information content (AvgIpc) is 2.39. The van der Waals surface area contributed by atoms with Crippen molar-refractivity contribution >= 4 is 17.3 Å². The van der Waals surface area contributed by atoms with Gasteiger partial charge in [-0.25, -0.2) is 0 Å². The molecule has 1 aliphatic heterocycles. The van der Waals surface area contributed by atoms with Crippen molar-refractivity contribution in [3.05, 3.63) is 23.8 Å². The van der Waals surface area contributed by atoms with Gasteiger partial charge in [-0.05, 0) is 44.5 Å². The molecule has 1 amide bonds. The predicted molar refractivity (Wildman–Crippen MR) is 79.9 cm³/mol. The van der Waals surface area contributed by atoms with Gasteiger partial charge in [0.1, 0.15) is 0 Å². The van der Waals surface area contributed by atoms with Crippen molar-refractivity contribution in [3.8, 4) is 0 Å². The summed E-state index contributed by atoms with van der Waals surface area (Å²) in [4.78, 5) is 16.4. The summed E-state index contributed by atoms with van der Waals surface area (Å²) in [6.45, 7) is 2.90. The number of hydrogen-bond donors (Lipinski definition) is 1. The maximum atomic E-state index is 12.4. The summed E-state index contributed by atoms with van der Waals surface area (Å²) in [5, 5.41) is 3.10. The van der Waals surface area contributed by atoms with Gasteiger partial charge in [0.15, 0.2) is 0 Å². The molecule has 0 aromatic heterocycles. The van der Waals surface area contributed by atoms with Crippen LogP contribution in [0.1, 0.15) is 18.4 Å². The molecule has 0 radical (unpaired) electrons. The van der Waals surface area contributed by atoms with E-state index in [1.54, 1.807) is 0 Å². The molecular formula is C15H23N3O. The second-order valence-corrected chi connectivity index (χ2v) is 5.34. The van der Waals surface area contributed by atoms with Crippen molar-refractivity contribution in [2.75, 3.05) is 37.5 Å². The van der Waals surface area contributed by atoms with Crippen LogP contribution in [-0.4, -0.2) is 39.6 Å². The number of piperidine rings is 1. The molecule has 2 rings (SSSR count). The number of carbonyl (C=O) groups excluding carboxylic acids is 1. The van der Waals surface area contributed by atoms with Crippen molar-refractivity contribution in [2.24, 2.45) is 0 Å². The molecule has 1 aliphatic rings. The third-order valence-corrected chi connectivity index (χ3v) is 3.77. The fourth-order valence-electron chi connectivity index (χ4n) is 2.65. The molecule has 0 bridgehead atoms. The van der Waals surface area contributed by atoms with Crippen LogP contribution in [0.15, 0.2) is 18.2 Å². The van der Waals surface area contributed by atoms with E-state index in [4.69, 9.17) is 0 Å². The van der Waals surface area contributed by atoms with Crippen LogP contribution in [0.2, 0.25) is 0 Å². The van der Waals surface area contributed by atoms with E-state index in [9.17, 15) is 4.79 Å². The topological polar surface area (TPSA) is 35.6 Å². The Morgan fingerprint density at radius 1 is 1.37 bits per heavy atom. The fraction of sp³-hybridized carbons (Fsp3) is 0.533. The van der Waals surface area contributed by atoms with Crippen LogP contribution < -0.4 is 15.1 Å². The number of rotatable bonds is 3. The van der Waals surface area contributed by atoms with E-state index in [0.717, 1.165) is 30.8 Å². The Balaban J connectivity index is 2.31. The minimum Gasteiger partial charge on any atom is -0.377 e. The van der Waals surface area contributed by atoms with Gasteiger partial charge in [-0.3, -0.25) is 4.79 Å². The first-order valence-corrected chi connectivity index (χ1v) is 6.81. The minimum atomic E-state index is -0.0436. The van der Waals surface area contributed by atoms with Gasteiger partial charge in [-0.15, -0.1) is 0 Å². The molecule has 1 heterocycles. The highest BCUT2D eigenvalue weighted by atomic mass is 16.2. The number of anilines is 2. The quantitative estimate of drug-likeness (QED) is 0.901. The Hall–Kier alpha value is -1.55. The average molecular weight is 261 g/mol. The van der Waals surface area contributed by atoms with Crippen LogP contribution in [0.4, 0.5) is 11.4 Å². The largest absolute Gasteiger partial charge is 0.377 e. The highest BCUT2D eigenvalue weighted by Crippen LogP contribution is 2.27. The van der Waals surface area contributed by atoms with E-state index < -0.39 is 0 Å². The second-order valence-electron chi connectivity index (χ2n) is 5.34. The van der Waals surface area contributed by atoms with Crippen molar-refractivity contribution in [2.45, 2.75) is 25.8 Å². The van der Waals surface area contributed by atoms with E-state index in [0.29, 0.717) is 0 Å². The molecule has 1 aromatic rings. The second kappa shape index (κ2) is 5.61. The number of aryl methyl sites for hydroxylation is 1. The summed E-state index contributed by atoms with van der Waals surface area (Å²) >= 11 is 0. The number of likely N-dealkylation sites (N-methyl/N-ethyl adjacent to an activating group) is 1. The van der Waals surface area contributed by atoms with Crippen molar-refractivity contribution in [1.29, 1.82) is 0 Å². The maximum absolute atomic E-state index is 12.4. The Bertz CT molecular complexity index is 470. The highest BCUT2D eigenvalue weighted by molar-refractivity contribution is 5.98. The monoisotopic (exact) mass is 261 g/mol. The maximum Gasteiger partial charge on any atom is 0.244 e. The first-order valence-electron chi connectivity index (χ1n) is 6.81. The zero-order chi connectivity index (χ0) is 14.0. The summed E-state index contributed by atoms with van der Waals surface area (Å²) in [6, 6.07) is 6.18. The fourth-order valence-corrected chi connectivity index (χ4v) is 2.65. The van der Waals surface area contributed by atoms with Gasteiger partial charge in [-0.2, -0.15) is 0 Å². The smallest absolute Gasteiger partial charge is 0.244 e. The number of nitrogens with zero attached hydrogens (tertiary/aromatic N) is 2. The van der Waals surface area contributed by atoms with Gasteiger partial charge in [0.25, 0.3) is 0 Å². The van der Waals surface area contributed by atoms with E-state index in [1.165, 1.54) is 5.56 Å². The Kier molecular flexibility index (Phi) is 4.10. The predicted octanol–water partition coefficient (Wildman–Crippen LogP) is 1.78. The van der Waals surface area contributed by atoms with Crippen LogP contribution >= 0.6 is 0 Å². The summed E-state index contributed by atoms with van der Waals surface area (Å²) < 4.78 is 0. The molecular weight excluding hydrogens is 238 g/mol. The number of hydrogen-bond acceptors (Lipinski definition) is 3. The standard InChI is InChI=1S/C15H23N3O/c1-11-7-8-12(10-14(11)17(3)4)18-9-5-6-13(16-2)15(18)19/h7-8,10,13,16H,5-6,9H2,1-4H3. The lowest BCUT2D eigenvalue weighted by molar-refractivity contribution is -0.121. The van der Waals surface area contributed by atoms with Crippen molar-refractivity contribution in [3.63, 3.8) is 0 Å². The van der Waals surface area contributed by atoms with Crippen molar-refractivity contribution < 1.29 is 4.79 Å². The number of benzene rings is 1. The Labute approximate surface area is 115 Å². The Morgan fingerprint density at radius 3 is 2.74 bits per heavy atom. The SMILES string of the molecule is CNC1CCCN(c2ccc(C)c(N(C)C)c2)C1=O. The highest BCUT2D eigenvalue weighted by Gasteiger charge is 2.28. The zero-order valence-electron chi connectivity index (χ0n) is 12.2. The first-order chi connectivity index (χ1) is 9.04. The molecule has 0 saturated carbocycles. The number of amides is 1. The van der Waals surface area contributed by atoms with Crippen molar-refractivity contribution in [1.82, 2.24) is 5.32 Å². The summed E-state index contributed by atoms with van der Waals surface area (Å²) in [7, 11) is 5.91.